The number of hydrogen-bond acceptors (Lipinski definition) is 7. The first-order valence-electron chi connectivity index (χ1n) is 17.6. The summed E-state index contributed by atoms with van der Waals surface area (Å²) in [7, 11) is -12.2. The molecule has 5 aliphatic heterocycles. The van der Waals surface area contributed by atoms with E-state index in [1.807, 2.05) is 0 Å². The predicted molar refractivity (Wildman–Crippen MR) is 191 cm³/mol. The van der Waals surface area contributed by atoms with Gasteiger partial charge in [-0.1, -0.05) is 18.2 Å². The molecule has 5 aliphatic rings. The lowest BCUT2D eigenvalue weighted by Crippen LogP contribution is -2.34. The van der Waals surface area contributed by atoms with Gasteiger partial charge >= 0.3 is 11.0 Å². The smallest absolute Gasteiger partial charge is 0.485 e. The van der Waals surface area contributed by atoms with Gasteiger partial charge in [-0.15, -0.1) is 0 Å². The topological polar surface area (TPSA) is 127 Å². The van der Waals surface area contributed by atoms with Crippen LogP contribution in [0.25, 0.3) is 17.8 Å². The highest BCUT2D eigenvalue weighted by molar-refractivity contribution is 7.86. The minimum atomic E-state index is -6.09. The van der Waals surface area contributed by atoms with Crippen LogP contribution in [-0.2, 0) is 39.5 Å². The summed E-state index contributed by atoms with van der Waals surface area (Å²) in [6.45, 7) is 3.60. The van der Waals surface area contributed by atoms with E-state index < -0.39 is 31.3 Å². The maximum atomic E-state index is 10.7. The monoisotopic (exact) mass is 809 g/mol. The van der Waals surface area contributed by atoms with Crippen molar-refractivity contribution in [1.29, 1.82) is 0 Å². The molecule has 0 radical (unpaired) electrons. The number of allylic oxidation sites excluding steroid dienone is 2. The van der Waals surface area contributed by atoms with Crippen LogP contribution in [0.4, 0.5) is 32.0 Å². The fourth-order valence-electron chi connectivity index (χ4n) is 7.67. The Morgan fingerprint density at radius 1 is 0.727 bits per heavy atom. The van der Waals surface area contributed by atoms with Crippen molar-refractivity contribution in [3.8, 4) is 0 Å². The summed E-state index contributed by atoms with van der Waals surface area (Å²) < 4.78 is 123. The van der Waals surface area contributed by atoms with E-state index >= 15 is 0 Å². The third kappa shape index (κ3) is 9.06. The second-order valence-corrected chi connectivity index (χ2v) is 16.4. The summed E-state index contributed by atoms with van der Waals surface area (Å²) in [5, 5.41) is 4.19. The van der Waals surface area contributed by atoms with Crippen molar-refractivity contribution in [3.63, 3.8) is 0 Å². The van der Waals surface area contributed by atoms with Crippen molar-refractivity contribution in [2.24, 2.45) is 0 Å². The van der Waals surface area contributed by atoms with Gasteiger partial charge in [0.1, 0.15) is 12.8 Å². The minimum absolute atomic E-state index is 1.14. The van der Waals surface area contributed by atoms with Gasteiger partial charge in [0.05, 0.1) is 10.4 Å². The van der Waals surface area contributed by atoms with Crippen LogP contribution in [0.1, 0.15) is 66.3 Å². The molecule has 2 aromatic carbocycles. The maximum Gasteiger partial charge on any atom is 0.485 e. The molecule has 294 valence electrons. The van der Waals surface area contributed by atoms with Crippen molar-refractivity contribution in [3.05, 3.63) is 110 Å². The number of halogens is 6. The number of rotatable bonds is 2. The molecule has 0 saturated heterocycles. The van der Waals surface area contributed by atoms with Gasteiger partial charge in [0, 0.05) is 55.7 Å². The zero-order chi connectivity index (χ0) is 39.8. The Morgan fingerprint density at radius 3 is 1.96 bits per heavy atom. The van der Waals surface area contributed by atoms with E-state index in [2.05, 4.69) is 93.0 Å². The van der Waals surface area contributed by atoms with E-state index in [9.17, 15) is 26.3 Å². The second-order valence-electron chi connectivity index (χ2n) is 13.7. The number of benzene rings is 2. The Hall–Kier alpha value is -4.32. The fraction of sp³-hybridized carbons (Fsp3) is 0.368. The molecule has 0 bridgehead atoms. The van der Waals surface area contributed by atoms with Gasteiger partial charge in [0.15, 0.2) is 38.3 Å². The first-order valence-corrected chi connectivity index (χ1v) is 20.5. The van der Waals surface area contributed by atoms with E-state index in [-0.39, 0.29) is 0 Å². The molecule has 55 heavy (non-hydrogen) atoms. The first kappa shape index (κ1) is 40.3. The Labute approximate surface area is 313 Å². The van der Waals surface area contributed by atoms with Crippen LogP contribution in [0.2, 0.25) is 0 Å². The molecule has 0 N–H and O–H groups in total. The molecule has 0 aliphatic carbocycles. The summed E-state index contributed by atoms with van der Waals surface area (Å²) >= 11 is 0. The van der Waals surface area contributed by atoms with Gasteiger partial charge in [-0.05, 0) is 96.7 Å². The predicted octanol–water partition coefficient (Wildman–Crippen LogP) is 5.50. The lowest BCUT2D eigenvalue weighted by Gasteiger charge is -2.37. The molecule has 1 aromatic heterocycles. The number of fused-ring (bicyclic) bond motifs is 5. The fourth-order valence-corrected chi connectivity index (χ4v) is 7.67. The number of aromatic nitrogens is 1. The van der Waals surface area contributed by atoms with E-state index in [1.165, 1.54) is 108 Å². The zero-order valence-corrected chi connectivity index (χ0v) is 31.0. The lowest BCUT2D eigenvalue weighted by atomic mass is 9.90. The third-order valence-corrected chi connectivity index (χ3v) is 11.1. The number of pyridine rings is 1. The van der Waals surface area contributed by atoms with Crippen LogP contribution in [0.3, 0.4) is 0 Å². The van der Waals surface area contributed by atoms with Crippen LogP contribution >= 0.6 is 0 Å². The van der Waals surface area contributed by atoms with E-state index in [4.69, 9.17) is 25.9 Å². The molecule has 17 heteroatoms. The quantitative estimate of drug-likeness (QED) is 0.145. The molecule has 0 atom stereocenters. The zero-order valence-electron chi connectivity index (χ0n) is 29.4. The highest BCUT2D eigenvalue weighted by Gasteiger charge is 2.37. The molecule has 8 rings (SSSR count). The van der Waals surface area contributed by atoms with Crippen LogP contribution in [0, 0.1) is 16.8 Å². The SMILES string of the molecule is C(=Cc1cc2c3c(c1)CCCN3CCC2)C1=Cc2ccc3c(c2=c2cccc[n+]2=C1)=C1CCCC=[N+]1CCC3.O=S(=O)([O-])C(F)(F)F.O=S(=O)([O-])C(F)(F)F. The van der Waals surface area contributed by atoms with Crippen LogP contribution in [0.5, 0.6) is 0 Å². The number of hydrogen-bond donors (Lipinski definition) is 0. The summed E-state index contributed by atoms with van der Waals surface area (Å²) in [5.74, 6) is 0. The van der Waals surface area contributed by atoms with Crippen LogP contribution in [0.15, 0.2) is 60.3 Å². The van der Waals surface area contributed by atoms with Crippen molar-refractivity contribution < 1.29 is 61.1 Å². The molecule has 0 saturated carbocycles. The average molecular weight is 810 g/mol. The molecule has 3 aromatic rings. The Kier molecular flexibility index (Phi) is 11.5. The molecule has 0 fully saturated rings. The van der Waals surface area contributed by atoms with Gasteiger partial charge < -0.3 is 14.0 Å². The van der Waals surface area contributed by atoms with Crippen molar-refractivity contribution in [1.82, 2.24) is 0 Å². The van der Waals surface area contributed by atoms with Gasteiger partial charge in [-0.25, -0.2) is 21.4 Å². The van der Waals surface area contributed by atoms with Gasteiger partial charge in [-0.3, -0.25) is 0 Å². The molecular weight excluding hydrogens is 773 g/mol. The van der Waals surface area contributed by atoms with Gasteiger partial charge in [0.2, 0.25) is 5.35 Å². The summed E-state index contributed by atoms with van der Waals surface area (Å²) in [6, 6.07) is 16.3. The normalized spacial score (nSPS) is 17.8. The van der Waals surface area contributed by atoms with Gasteiger partial charge in [0.25, 0.3) is 0 Å². The third-order valence-electron chi connectivity index (χ3n) is 9.92. The highest BCUT2D eigenvalue weighted by Crippen LogP contribution is 2.36. The Balaban J connectivity index is 0.000000272. The van der Waals surface area contributed by atoms with Crippen molar-refractivity contribution in [2.45, 2.75) is 68.8 Å². The van der Waals surface area contributed by atoms with E-state index in [1.54, 1.807) is 16.8 Å². The summed E-state index contributed by atoms with van der Waals surface area (Å²) in [6.07, 6.45) is 25.0. The van der Waals surface area contributed by atoms with Crippen molar-refractivity contribution >= 4 is 50.0 Å². The number of anilines is 1. The van der Waals surface area contributed by atoms with E-state index in [0.717, 1.165) is 13.0 Å². The van der Waals surface area contributed by atoms with Crippen LogP contribution in [-0.4, -0.2) is 67.4 Å². The standard InChI is InChI=1S/C36H37N3.2CHF3O3S/c1-3-17-37-19-5-8-28-15-16-29-24-27(25-39-18-4-2-12-33(39)35(29)34(28)32(37)11-1)14-13-26-22-30-9-6-20-38-21-7-10-31(23-26)36(30)38;2*2-1(3,4)8(5,6)7/h2,4,12-18,22-25H,1,3,5-11,19-21H2;2*(H,5,6,7)/q+2;;/p-2. The highest BCUT2D eigenvalue weighted by atomic mass is 32.2. The Morgan fingerprint density at radius 2 is 1.35 bits per heavy atom. The average Bonchev–Trinajstić information content (AvgIpc) is 3.39. The first-order chi connectivity index (χ1) is 25.8. The Bertz CT molecular complexity index is 2480. The molecular formula is C38H37F6N3O6S2. The number of aryl methyl sites for hydroxylation is 3. The molecule has 0 unspecified atom stereocenters. The molecule has 0 spiro atoms. The van der Waals surface area contributed by atoms with Crippen molar-refractivity contribution in [2.75, 3.05) is 24.5 Å². The number of alkyl halides is 6. The van der Waals surface area contributed by atoms with E-state index in [0.29, 0.717) is 0 Å². The second kappa shape index (κ2) is 15.7. The molecule has 6 heterocycles. The van der Waals surface area contributed by atoms with Crippen LogP contribution < -0.4 is 14.4 Å². The maximum absolute atomic E-state index is 10.7. The number of nitrogens with zero attached hydrogens (tertiary/aromatic N) is 3. The summed E-state index contributed by atoms with van der Waals surface area (Å²) in [4.78, 5) is 2.63. The minimum Gasteiger partial charge on any atom is -0.741 e. The summed E-state index contributed by atoms with van der Waals surface area (Å²) in [5.41, 5.74) is 0.326. The molecule has 0 amide bonds. The largest absolute Gasteiger partial charge is 0.741 e. The molecule has 9 nitrogen and oxygen atoms in total. The lowest BCUT2D eigenvalue weighted by molar-refractivity contribution is -0.519. The van der Waals surface area contributed by atoms with Gasteiger partial charge in [-0.2, -0.15) is 30.6 Å².